The van der Waals surface area contributed by atoms with E-state index in [0.29, 0.717) is 27.9 Å². The molecule has 0 saturated heterocycles. The molecule has 2 aromatic rings. The van der Waals surface area contributed by atoms with Gasteiger partial charge in [0, 0.05) is 28.7 Å². The molecule has 0 aliphatic carbocycles. The van der Waals surface area contributed by atoms with Crippen molar-refractivity contribution in [3.05, 3.63) is 58.1 Å². The number of nitrogens with zero attached hydrogens (tertiary/aromatic N) is 2. The third kappa shape index (κ3) is 6.99. The minimum absolute atomic E-state index is 0.0736. The van der Waals surface area contributed by atoms with Gasteiger partial charge in [-0.15, -0.1) is 0 Å². The molecule has 0 saturated carbocycles. The summed E-state index contributed by atoms with van der Waals surface area (Å²) in [5.41, 5.74) is 0.744. The van der Waals surface area contributed by atoms with Gasteiger partial charge in [0.15, 0.2) is 0 Å². The van der Waals surface area contributed by atoms with Crippen LogP contribution in [0.2, 0.25) is 10.0 Å². The Balaban J connectivity index is 2.43. The fourth-order valence-electron chi connectivity index (χ4n) is 3.12. The fourth-order valence-corrected chi connectivity index (χ4v) is 4.49. The van der Waals surface area contributed by atoms with Crippen molar-refractivity contribution in [2.45, 2.75) is 26.4 Å². The van der Waals surface area contributed by atoms with Crippen LogP contribution in [-0.4, -0.2) is 57.6 Å². The number of sulfonamides is 1. The molecule has 180 valence electrons. The predicted molar refractivity (Wildman–Crippen MR) is 130 cm³/mol. The molecule has 0 aliphatic rings. The van der Waals surface area contributed by atoms with Crippen molar-refractivity contribution >= 4 is 50.7 Å². The molecule has 2 amide bonds. The number of ether oxygens (including phenoxy) is 1. The van der Waals surface area contributed by atoms with E-state index in [2.05, 4.69) is 5.32 Å². The van der Waals surface area contributed by atoms with Crippen LogP contribution < -0.4 is 14.4 Å². The van der Waals surface area contributed by atoms with Gasteiger partial charge in [-0.25, -0.2) is 8.42 Å². The largest absolute Gasteiger partial charge is 0.497 e. The van der Waals surface area contributed by atoms with E-state index in [1.807, 2.05) is 0 Å². The lowest BCUT2D eigenvalue weighted by Gasteiger charge is -2.31. The second-order valence-corrected chi connectivity index (χ2v) is 9.98. The van der Waals surface area contributed by atoms with E-state index < -0.39 is 28.5 Å². The summed E-state index contributed by atoms with van der Waals surface area (Å²) in [6.45, 7) is 3.11. The minimum Gasteiger partial charge on any atom is -0.497 e. The van der Waals surface area contributed by atoms with Crippen LogP contribution in [0.1, 0.15) is 19.4 Å². The van der Waals surface area contributed by atoms with Crippen LogP contribution in [0.15, 0.2) is 42.5 Å². The summed E-state index contributed by atoms with van der Waals surface area (Å²) in [5.74, 6) is -0.436. The zero-order chi connectivity index (χ0) is 24.8. The number of benzene rings is 2. The van der Waals surface area contributed by atoms with Gasteiger partial charge in [-0.05, 0) is 50.2 Å². The molecule has 0 radical (unpaired) electrons. The number of carbonyl (C=O) groups excluding carboxylic acids is 2. The summed E-state index contributed by atoms with van der Waals surface area (Å²) in [6, 6.07) is 10.3. The molecule has 1 N–H and O–H groups in total. The first-order valence-electron chi connectivity index (χ1n) is 10.1. The Kier molecular flexibility index (Phi) is 9.39. The average Bonchev–Trinajstić information content (AvgIpc) is 2.76. The van der Waals surface area contributed by atoms with Gasteiger partial charge in [-0.3, -0.25) is 13.9 Å². The van der Waals surface area contributed by atoms with Crippen LogP contribution in [0.4, 0.5) is 5.69 Å². The Morgan fingerprint density at radius 3 is 2.15 bits per heavy atom. The lowest BCUT2D eigenvalue weighted by atomic mass is 10.1. The Morgan fingerprint density at radius 2 is 1.67 bits per heavy atom. The lowest BCUT2D eigenvalue weighted by molar-refractivity contribution is -0.139. The van der Waals surface area contributed by atoms with Crippen molar-refractivity contribution in [1.29, 1.82) is 0 Å². The molecule has 11 heteroatoms. The molecular formula is C22H27Cl2N3O5S. The number of carbonyl (C=O) groups is 2. The Bertz CT molecular complexity index is 1070. The quantitative estimate of drug-likeness (QED) is 0.523. The molecule has 2 rings (SSSR count). The summed E-state index contributed by atoms with van der Waals surface area (Å²) in [7, 11) is -2.33. The highest BCUT2D eigenvalue weighted by molar-refractivity contribution is 7.92. The average molecular weight is 516 g/mol. The summed E-state index contributed by atoms with van der Waals surface area (Å²) >= 11 is 12.6. The molecule has 0 heterocycles. The van der Waals surface area contributed by atoms with Gasteiger partial charge in [-0.1, -0.05) is 29.3 Å². The number of amides is 2. The van der Waals surface area contributed by atoms with Crippen LogP contribution in [0.25, 0.3) is 0 Å². The molecular weight excluding hydrogens is 489 g/mol. The molecule has 0 fully saturated rings. The Morgan fingerprint density at radius 1 is 1.09 bits per heavy atom. The molecule has 0 unspecified atom stereocenters. The molecule has 1 atom stereocenters. The van der Waals surface area contributed by atoms with Gasteiger partial charge in [0.25, 0.3) is 0 Å². The maximum Gasteiger partial charge on any atom is 0.244 e. The van der Waals surface area contributed by atoms with Crippen molar-refractivity contribution in [2.75, 3.05) is 30.8 Å². The number of hydrogen-bond donors (Lipinski definition) is 1. The van der Waals surface area contributed by atoms with Crippen molar-refractivity contribution < 1.29 is 22.7 Å². The smallest absolute Gasteiger partial charge is 0.244 e. The highest BCUT2D eigenvalue weighted by Gasteiger charge is 2.30. The third-order valence-corrected chi connectivity index (χ3v) is 6.80. The number of rotatable bonds is 10. The first kappa shape index (κ1) is 26.8. The summed E-state index contributed by atoms with van der Waals surface area (Å²) in [6.07, 6.45) is 1.01. The highest BCUT2D eigenvalue weighted by atomic mass is 35.5. The standard InChI is InChI=1S/C22H27Cl2N3O5S/c1-5-25-22(29)15(2)26(13-18-19(23)7-6-8-20(18)24)21(28)14-27(33(4,30)31)16-9-11-17(32-3)12-10-16/h6-12,15H,5,13-14H2,1-4H3,(H,25,29)/t15-/m1/s1. The molecule has 33 heavy (non-hydrogen) atoms. The molecule has 0 spiro atoms. The molecule has 8 nitrogen and oxygen atoms in total. The third-order valence-electron chi connectivity index (χ3n) is 4.95. The van der Waals surface area contributed by atoms with Crippen LogP contribution in [0, 0.1) is 0 Å². The summed E-state index contributed by atoms with van der Waals surface area (Å²) in [4.78, 5) is 27.2. The number of nitrogens with one attached hydrogen (secondary N) is 1. The van der Waals surface area contributed by atoms with Gasteiger partial charge in [0.2, 0.25) is 21.8 Å². The van der Waals surface area contributed by atoms with Crippen molar-refractivity contribution in [3.8, 4) is 5.75 Å². The van der Waals surface area contributed by atoms with Crippen molar-refractivity contribution in [1.82, 2.24) is 10.2 Å². The first-order valence-corrected chi connectivity index (χ1v) is 12.7. The van der Waals surface area contributed by atoms with Gasteiger partial charge in [0.1, 0.15) is 18.3 Å². The van der Waals surface area contributed by atoms with E-state index >= 15 is 0 Å². The number of hydrogen-bond acceptors (Lipinski definition) is 5. The molecule has 0 aliphatic heterocycles. The number of anilines is 1. The van der Waals surface area contributed by atoms with Crippen LogP contribution in [-0.2, 0) is 26.2 Å². The van der Waals surface area contributed by atoms with E-state index in [1.54, 1.807) is 44.2 Å². The summed E-state index contributed by atoms with van der Waals surface area (Å²) < 4.78 is 31.1. The predicted octanol–water partition coefficient (Wildman–Crippen LogP) is 3.32. The molecule has 0 bridgehead atoms. The Hall–Kier alpha value is -2.49. The number of methoxy groups -OCH3 is 1. The van der Waals surface area contributed by atoms with Gasteiger partial charge >= 0.3 is 0 Å². The maximum atomic E-state index is 13.4. The monoisotopic (exact) mass is 515 g/mol. The highest BCUT2D eigenvalue weighted by Crippen LogP contribution is 2.27. The maximum absolute atomic E-state index is 13.4. The first-order chi connectivity index (χ1) is 15.5. The van der Waals surface area contributed by atoms with Crippen LogP contribution in [0.5, 0.6) is 5.75 Å². The SMILES string of the molecule is CCNC(=O)[C@@H](C)N(Cc1c(Cl)cccc1Cl)C(=O)CN(c1ccc(OC)cc1)S(C)(=O)=O. The topological polar surface area (TPSA) is 96.0 Å². The van der Waals surface area contributed by atoms with E-state index in [4.69, 9.17) is 27.9 Å². The lowest BCUT2D eigenvalue weighted by Crippen LogP contribution is -2.51. The second kappa shape index (κ2) is 11.6. The molecule has 0 aromatic heterocycles. The van der Waals surface area contributed by atoms with E-state index in [0.717, 1.165) is 10.6 Å². The zero-order valence-corrected chi connectivity index (χ0v) is 21.2. The fraction of sp³-hybridized carbons (Fsp3) is 0.364. The van der Waals surface area contributed by atoms with Crippen molar-refractivity contribution in [3.63, 3.8) is 0 Å². The Labute approximate surface area is 204 Å². The van der Waals surface area contributed by atoms with E-state index in [9.17, 15) is 18.0 Å². The normalized spacial score (nSPS) is 12.1. The summed E-state index contributed by atoms with van der Waals surface area (Å²) in [5, 5.41) is 3.34. The minimum atomic E-state index is -3.82. The van der Waals surface area contributed by atoms with Gasteiger partial charge in [-0.2, -0.15) is 0 Å². The van der Waals surface area contributed by atoms with Crippen molar-refractivity contribution in [2.24, 2.45) is 0 Å². The van der Waals surface area contributed by atoms with Gasteiger partial charge in [0.05, 0.1) is 19.1 Å². The van der Waals surface area contributed by atoms with E-state index in [-0.39, 0.29) is 18.1 Å². The van der Waals surface area contributed by atoms with Crippen LogP contribution >= 0.6 is 23.2 Å². The zero-order valence-electron chi connectivity index (χ0n) is 18.8. The number of likely N-dealkylation sites (N-methyl/N-ethyl adjacent to an activating group) is 1. The van der Waals surface area contributed by atoms with Crippen LogP contribution in [0.3, 0.4) is 0 Å². The molecule has 2 aromatic carbocycles. The number of halogens is 2. The van der Waals surface area contributed by atoms with E-state index in [1.165, 1.54) is 24.1 Å². The van der Waals surface area contributed by atoms with Gasteiger partial charge < -0.3 is 15.0 Å². The second-order valence-electron chi connectivity index (χ2n) is 7.26.